The van der Waals surface area contributed by atoms with Gasteiger partial charge in [-0.05, 0) is 24.1 Å². The lowest BCUT2D eigenvalue weighted by Crippen LogP contribution is -2.54. The van der Waals surface area contributed by atoms with E-state index in [1.54, 1.807) is 7.11 Å². The van der Waals surface area contributed by atoms with Crippen LogP contribution in [-0.2, 0) is 19.7 Å². The molecular formula is C19H21NO6. The fourth-order valence-electron chi connectivity index (χ4n) is 4.98. The van der Waals surface area contributed by atoms with Crippen molar-refractivity contribution in [3.05, 3.63) is 35.4 Å². The van der Waals surface area contributed by atoms with E-state index >= 15 is 0 Å². The second-order valence-electron chi connectivity index (χ2n) is 7.28. The molecule has 6 unspecified atom stereocenters. The number of aliphatic hydroxyl groups is 1. The Morgan fingerprint density at radius 3 is 2.85 bits per heavy atom. The standard InChI is InChI=1S/C19H21NO6/c1-10(21)26-18-12-6-14-15(25-9-24-14)7-13(12)19-4-3-11(23-2)5-16(19)20(18)8-17(19)22/h3-4,6-7,11,16-18,22H,5,8-9H2,1-2H3. The summed E-state index contributed by atoms with van der Waals surface area (Å²) in [6.07, 6.45) is 3.59. The van der Waals surface area contributed by atoms with Gasteiger partial charge in [0.25, 0.3) is 0 Å². The molecule has 1 aromatic rings. The molecule has 0 spiro atoms. The summed E-state index contributed by atoms with van der Waals surface area (Å²) in [5.74, 6) is 0.941. The number of fused-ring (bicyclic) bond motifs is 2. The molecule has 138 valence electrons. The highest BCUT2D eigenvalue weighted by molar-refractivity contribution is 5.67. The number of rotatable bonds is 2. The predicted molar refractivity (Wildman–Crippen MR) is 89.8 cm³/mol. The second kappa shape index (κ2) is 5.45. The molecule has 5 rings (SSSR count). The fraction of sp³-hybridized carbons (Fsp3) is 0.526. The molecule has 2 bridgehead atoms. The van der Waals surface area contributed by atoms with E-state index in [0.717, 1.165) is 17.5 Å². The van der Waals surface area contributed by atoms with Gasteiger partial charge < -0.3 is 24.1 Å². The molecule has 3 heterocycles. The van der Waals surface area contributed by atoms with Crippen LogP contribution < -0.4 is 9.47 Å². The summed E-state index contributed by atoms with van der Waals surface area (Å²) in [5.41, 5.74) is 1.21. The number of esters is 1. The van der Waals surface area contributed by atoms with Crippen molar-refractivity contribution in [2.24, 2.45) is 0 Å². The number of methoxy groups -OCH3 is 1. The molecule has 0 radical (unpaired) electrons. The second-order valence-corrected chi connectivity index (χ2v) is 7.28. The van der Waals surface area contributed by atoms with Crippen molar-refractivity contribution in [1.82, 2.24) is 4.90 Å². The lowest BCUT2D eigenvalue weighted by atomic mass is 9.65. The van der Waals surface area contributed by atoms with Crippen molar-refractivity contribution in [2.45, 2.75) is 43.2 Å². The number of carbonyl (C=O) groups excluding carboxylic acids is 1. The zero-order chi connectivity index (χ0) is 18.1. The van der Waals surface area contributed by atoms with Crippen molar-refractivity contribution >= 4 is 5.97 Å². The van der Waals surface area contributed by atoms with Crippen LogP contribution in [0.25, 0.3) is 0 Å². The smallest absolute Gasteiger partial charge is 0.304 e. The first-order valence-electron chi connectivity index (χ1n) is 8.82. The molecule has 7 nitrogen and oxygen atoms in total. The number of hydrogen-bond donors (Lipinski definition) is 1. The Morgan fingerprint density at radius 1 is 1.35 bits per heavy atom. The van der Waals surface area contributed by atoms with Crippen LogP contribution in [0.2, 0.25) is 0 Å². The summed E-state index contributed by atoms with van der Waals surface area (Å²) in [4.78, 5) is 13.9. The van der Waals surface area contributed by atoms with Gasteiger partial charge in [-0.2, -0.15) is 0 Å². The van der Waals surface area contributed by atoms with Gasteiger partial charge in [-0.15, -0.1) is 0 Å². The average molecular weight is 359 g/mol. The van der Waals surface area contributed by atoms with Crippen LogP contribution in [-0.4, -0.2) is 54.7 Å². The van der Waals surface area contributed by atoms with E-state index in [-0.39, 0.29) is 24.9 Å². The molecule has 7 heteroatoms. The molecule has 1 N–H and O–H groups in total. The van der Waals surface area contributed by atoms with E-state index in [1.165, 1.54) is 6.92 Å². The molecule has 1 saturated heterocycles. The monoisotopic (exact) mass is 359 g/mol. The van der Waals surface area contributed by atoms with Crippen molar-refractivity contribution in [2.75, 3.05) is 20.4 Å². The first-order chi connectivity index (χ1) is 12.5. The minimum Gasteiger partial charge on any atom is -0.454 e. The van der Waals surface area contributed by atoms with Crippen LogP contribution in [0.1, 0.15) is 30.7 Å². The Balaban J connectivity index is 1.74. The molecule has 1 fully saturated rings. The Bertz CT molecular complexity index is 807. The third kappa shape index (κ3) is 1.96. The van der Waals surface area contributed by atoms with E-state index in [4.69, 9.17) is 18.9 Å². The zero-order valence-electron chi connectivity index (χ0n) is 14.7. The highest BCUT2D eigenvalue weighted by atomic mass is 16.7. The third-order valence-corrected chi connectivity index (χ3v) is 6.09. The normalized spacial score (nSPS) is 38.7. The number of aliphatic hydroxyl groups excluding tert-OH is 1. The summed E-state index contributed by atoms with van der Waals surface area (Å²) in [7, 11) is 1.68. The topological polar surface area (TPSA) is 77.5 Å². The predicted octanol–water partition coefficient (Wildman–Crippen LogP) is 1.25. The highest BCUT2D eigenvalue weighted by Crippen LogP contribution is 2.57. The van der Waals surface area contributed by atoms with Gasteiger partial charge in [0.15, 0.2) is 17.7 Å². The van der Waals surface area contributed by atoms with Crippen molar-refractivity contribution in [3.8, 4) is 11.5 Å². The van der Waals surface area contributed by atoms with Crippen LogP contribution in [0.5, 0.6) is 11.5 Å². The maximum Gasteiger partial charge on any atom is 0.304 e. The van der Waals surface area contributed by atoms with Crippen LogP contribution in [0.4, 0.5) is 0 Å². The van der Waals surface area contributed by atoms with Gasteiger partial charge in [0.1, 0.15) is 0 Å². The maximum absolute atomic E-state index is 11.8. The fourth-order valence-corrected chi connectivity index (χ4v) is 4.98. The van der Waals surface area contributed by atoms with Gasteiger partial charge in [0, 0.05) is 32.2 Å². The third-order valence-electron chi connectivity index (χ3n) is 6.09. The van der Waals surface area contributed by atoms with Gasteiger partial charge in [-0.3, -0.25) is 9.69 Å². The van der Waals surface area contributed by atoms with Gasteiger partial charge in [-0.25, -0.2) is 0 Å². The lowest BCUT2D eigenvalue weighted by molar-refractivity contribution is -0.161. The quantitative estimate of drug-likeness (QED) is 0.629. The van der Waals surface area contributed by atoms with Crippen LogP contribution in [0.3, 0.4) is 0 Å². The van der Waals surface area contributed by atoms with Gasteiger partial charge in [0.2, 0.25) is 6.79 Å². The summed E-state index contributed by atoms with van der Waals surface area (Å²) in [5, 5.41) is 11.0. The van der Waals surface area contributed by atoms with Crippen molar-refractivity contribution in [1.29, 1.82) is 0 Å². The SMILES string of the molecule is COC1C=CC23c4cc5c(cc4C(OC(C)=O)N(CC2O)C3C1)OCO5. The van der Waals surface area contributed by atoms with E-state index in [9.17, 15) is 9.90 Å². The number of ether oxygens (including phenoxy) is 4. The van der Waals surface area contributed by atoms with Gasteiger partial charge in [-0.1, -0.05) is 12.2 Å². The molecule has 3 aliphatic heterocycles. The van der Waals surface area contributed by atoms with E-state index in [0.29, 0.717) is 18.0 Å². The Kier molecular flexibility index (Phi) is 3.38. The van der Waals surface area contributed by atoms with Crippen molar-refractivity contribution in [3.63, 3.8) is 0 Å². The van der Waals surface area contributed by atoms with E-state index in [2.05, 4.69) is 11.0 Å². The number of carbonyl (C=O) groups is 1. The number of hydrogen-bond acceptors (Lipinski definition) is 7. The number of nitrogens with zero attached hydrogens (tertiary/aromatic N) is 1. The van der Waals surface area contributed by atoms with Crippen LogP contribution in [0.15, 0.2) is 24.3 Å². The van der Waals surface area contributed by atoms with Crippen LogP contribution >= 0.6 is 0 Å². The highest BCUT2D eigenvalue weighted by Gasteiger charge is 2.62. The first-order valence-corrected chi connectivity index (χ1v) is 8.82. The molecule has 6 atom stereocenters. The minimum absolute atomic E-state index is 0.0235. The molecule has 26 heavy (non-hydrogen) atoms. The number of benzene rings is 1. The molecule has 1 aromatic carbocycles. The molecule has 4 aliphatic rings. The Morgan fingerprint density at radius 2 is 2.12 bits per heavy atom. The first kappa shape index (κ1) is 16.1. The van der Waals surface area contributed by atoms with E-state index in [1.807, 2.05) is 18.2 Å². The molecule has 0 saturated carbocycles. The Labute approximate surface area is 151 Å². The van der Waals surface area contributed by atoms with Gasteiger partial charge in [0.05, 0.1) is 17.6 Å². The summed E-state index contributed by atoms with van der Waals surface area (Å²) in [6, 6.07) is 3.79. The van der Waals surface area contributed by atoms with E-state index < -0.39 is 17.7 Å². The van der Waals surface area contributed by atoms with Crippen molar-refractivity contribution < 1.29 is 28.8 Å². The minimum atomic E-state index is -0.610. The Hall–Kier alpha value is -2.09. The largest absolute Gasteiger partial charge is 0.454 e. The zero-order valence-corrected chi connectivity index (χ0v) is 14.7. The maximum atomic E-state index is 11.8. The lowest BCUT2D eigenvalue weighted by Gasteiger charge is -2.48. The summed E-state index contributed by atoms with van der Waals surface area (Å²) >= 11 is 0. The van der Waals surface area contributed by atoms with Gasteiger partial charge >= 0.3 is 5.97 Å². The molecule has 1 aliphatic carbocycles. The molecule has 0 amide bonds. The summed E-state index contributed by atoms with van der Waals surface area (Å²) in [6.45, 7) is 1.99. The van der Waals surface area contributed by atoms with Crippen LogP contribution in [0, 0.1) is 0 Å². The average Bonchev–Trinajstić information content (AvgIpc) is 3.18. The summed E-state index contributed by atoms with van der Waals surface area (Å²) < 4.78 is 22.3. The molecule has 0 aromatic heterocycles. The molecular weight excluding hydrogens is 338 g/mol.